The molecule has 1 aliphatic heterocycles. The normalized spacial score (nSPS) is 17.6. The Morgan fingerprint density at radius 2 is 2.00 bits per heavy atom. The smallest absolute Gasteiger partial charge is 0.224 e. The van der Waals surface area contributed by atoms with Gasteiger partial charge in [0.25, 0.3) is 0 Å². The topological polar surface area (TPSA) is 47.6 Å². The molecular weight excluding hydrogens is 206 g/mol. The van der Waals surface area contributed by atoms with Gasteiger partial charge in [-0.3, -0.25) is 4.79 Å². The number of amides is 1. The highest BCUT2D eigenvalue weighted by atomic mass is 16.5. The van der Waals surface area contributed by atoms with Crippen LogP contribution in [0.3, 0.4) is 0 Å². The van der Waals surface area contributed by atoms with Crippen molar-refractivity contribution in [1.29, 1.82) is 0 Å². The number of benzene rings is 1. The number of carbonyl (C=O) groups is 1. The molecule has 1 aliphatic rings. The van der Waals surface area contributed by atoms with Gasteiger partial charge in [0.15, 0.2) is 0 Å². The van der Waals surface area contributed by atoms with E-state index >= 15 is 0 Å². The molecule has 0 fully saturated rings. The van der Waals surface area contributed by atoms with Gasteiger partial charge in [-0.25, -0.2) is 0 Å². The predicted octanol–water partition coefficient (Wildman–Crippen LogP) is 1.81. The van der Waals surface area contributed by atoms with E-state index in [-0.39, 0.29) is 5.91 Å². The lowest BCUT2D eigenvalue weighted by molar-refractivity contribution is -0.116. The van der Waals surface area contributed by atoms with Crippen LogP contribution in [0.15, 0.2) is 24.3 Å². The van der Waals surface area contributed by atoms with E-state index in [0.29, 0.717) is 32.0 Å². The Balaban J connectivity index is 2.14. The van der Waals surface area contributed by atoms with Crippen molar-refractivity contribution in [2.75, 3.05) is 25.1 Å². The minimum atomic E-state index is 0.00144. The van der Waals surface area contributed by atoms with Crippen molar-refractivity contribution in [3.8, 4) is 5.75 Å². The van der Waals surface area contributed by atoms with Gasteiger partial charge in [0, 0.05) is 13.0 Å². The molecule has 1 heterocycles. The van der Waals surface area contributed by atoms with Crippen molar-refractivity contribution in [2.24, 2.45) is 0 Å². The monoisotopic (exact) mass is 221 g/mol. The lowest BCUT2D eigenvalue weighted by Gasteiger charge is -2.10. The second kappa shape index (κ2) is 5.51. The van der Waals surface area contributed by atoms with Gasteiger partial charge in [-0.2, -0.15) is 0 Å². The van der Waals surface area contributed by atoms with Crippen LogP contribution < -0.4 is 10.1 Å². The van der Waals surface area contributed by atoms with Gasteiger partial charge in [0.2, 0.25) is 5.91 Å². The Labute approximate surface area is 94.6 Å². The fourth-order valence-corrected chi connectivity index (χ4v) is 1.56. The van der Waals surface area contributed by atoms with E-state index < -0.39 is 0 Å². The van der Waals surface area contributed by atoms with Crippen molar-refractivity contribution in [2.45, 2.75) is 12.8 Å². The molecule has 0 radical (unpaired) electrons. The number of para-hydroxylation sites is 2. The molecule has 4 heteroatoms. The number of anilines is 1. The van der Waals surface area contributed by atoms with E-state index in [2.05, 4.69) is 5.32 Å². The standard InChI is InChI=1S/C12H15NO3/c14-12-6-3-7-15-8-9-16-11-5-2-1-4-10(11)13-12/h1-2,4-5H,3,6-9H2,(H,13,14). The maximum atomic E-state index is 11.6. The molecule has 86 valence electrons. The highest BCUT2D eigenvalue weighted by Crippen LogP contribution is 2.24. The molecule has 0 atom stereocenters. The Bertz CT molecular complexity index is 365. The zero-order valence-corrected chi connectivity index (χ0v) is 9.07. The molecule has 1 N–H and O–H groups in total. The lowest BCUT2D eigenvalue weighted by Crippen LogP contribution is -2.12. The average molecular weight is 221 g/mol. The summed E-state index contributed by atoms with van der Waals surface area (Å²) in [6.07, 6.45) is 1.22. The van der Waals surface area contributed by atoms with Crippen LogP contribution in [0, 0.1) is 0 Å². The van der Waals surface area contributed by atoms with Gasteiger partial charge in [-0.15, -0.1) is 0 Å². The summed E-state index contributed by atoms with van der Waals surface area (Å²) in [6.45, 7) is 1.67. The molecule has 0 spiro atoms. The van der Waals surface area contributed by atoms with E-state index in [1.807, 2.05) is 24.3 Å². The first-order valence-electron chi connectivity index (χ1n) is 5.46. The van der Waals surface area contributed by atoms with Gasteiger partial charge in [-0.05, 0) is 18.6 Å². The number of hydrogen-bond donors (Lipinski definition) is 1. The number of carbonyl (C=O) groups excluding carboxylic acids is 1. The molecule has 0 saturated heterocycles. The number of fused-ring (bicyclic) bond motifs is 1. The Kier molecular flexibility index (Phi) is 3.77. The van der Waals surface area contributed by atoms with Gasteiger partial charge in [0.1, 0.15) is 12.4 Å². The summed E-state index contributed by atoms with van der Waals surface area (Å²) in [5.74, 6) is 0.697. The summed E-state index contributed by atoms with van der Waals surface area (Å²) in [4.78, 5) is 11.6. The second-order valence-corrected chi connectivity index (χ2v) is 3.61. The zero-order valence-electron chi connectivity index (χ0n) is 9.07. The van der Waals surface area contributed by atoms with Gasteiger partial charge in [-0.1, -0.05) is 12.1 Å². The summed E-state index contributed by atoms with van der Waals surface area (Å²) >= 11 is 0. The van der Waals surface area contributed by atoms with Crippen molar-refractivity contribution < 1.29 is 14.3 Å². The highest BCUT2D eigenvalue weighted by Gasteiger charge is 2.08. The molecule has 4 nitrogen and oxygen atoms in total. The third-order valence-electron chi connectivity index (χ3n) is 2.34. The van der Waals surface area contributed by atoms with E-state index in [9.17, 15) is 4.79 Å². The van der Waals surface area contributed by atoms with Crippen LogP contribution in [-0.4, -0.2) is 25.7 Å². The SMILES string of the molecule is O=C1CCCOCCOc2ccccc2N1. The summed E-state index contributed by atoms with van der Waals surface area (Å²) < 4.78 is 10.9. The minimum Gasteiger partial charge on any atom is -0.489 e. The zero-order chi connectivity index (χ0) is 11.2. The van der Waals surface area contributed by atoms with Gasteiger partial charge < -0.3 is 14.8 Å². The van der Waals surface area contributed by atoms with E-state index in [4.69, 9.17) is 9.47 Å². The molecule has 0 bridgehead atoms. The quantitative estimate of drug-likeness (QED) is 0.726. The van der Waals surface area contributed by atoms with Crippen LogP contribution >= 0.6 is 0 Å². The van der Waals surface area contributed by atoms with Crippen molar-refractivity contribution in [1.82, 2.24) is 0 Å². The van der Waals surface area contributed by atoms with E-state index in [1.165, 1.54) is 0 Å². The number of rotatable bonds is 0. The van der Waals surface area contributed by atoms with Gasteiger partial charge >= 0.3 is 0 Å². The minimum absolute atomic E-state index is 0.00144. The third kappa shape index (κ3) is 2.97. The predicted molar refractivity (Wildman–Crippen MR) is 60.6 cm³/mol. The summed E-state index contributed by atoms with van der Waals surface area (Å²) in [5, 5.41) is 2.84. The van der Waals surface area contributed by atoms with E-state index in [0.717, 1.165) is 12.1 Å². The highest BCUT2D eigenvalue weighted by molar-refractivity contribution is 5.92. The fourth-order valence-electron chi connectivity index (χ4n) is 1.56. The maximum absolute atomic E-state index is 11.6. The molecule has 1 amide bonds. The van der Waals surface area contributed by atoms with Crippen LogP contribution in [0.25, 0.3) is 0 Å². The lowest BCUT2D eigenvalue weighted by atomic mass is 10.2. The molecule has 1 aromatic carbocycles. The summed E-state index contributed by atoms with van der Waals surface area (Å²) in [6, 6.07) is 7.43. The molecule has 0 aliphatic carbocycles. The van der Waals surface area contributed by atoms with Crippen LogP contribution in [0.4, 0.5) is 5.69 Å². The molecule has 0 unspecified atom stereocenters. The van der Waals surface area contributed by atoms with Crippen LogP contribution in [-0.2, 0) is 9.53 Å². The van der Waals surface area contributed by atoms with Crippen molar-refractivity contribution in [3.63, 3.8) is 0 Å². The molecule has 0 saturated carbocycles. The number of nitrogens with one attached hydrogen (secondary N) is 1. The Morgan fingerprint density at radius 3 is 2.94 bits per heavy atom. The largest absolute Gasteiger partial charge is 0.489 e. The molecule has 0 aromatic heterocycles. The molecular formula is C12H15NO3. The number of ether oxygens (including phenoxy) is 2. The van der Waals surface area contributed by atoms with Crippen LogP contribution in [0.5, 0.6) is 5.75 Å². The van der Waals surface area contributed by atoms with E-state index in [1.54, 1.807) is 0 Å². The first kappa shape index (κ1) is 11.0. The molecule has 2 rings (SSSR count). The third-order valence-corrected chi connectivity index (χ3v) is 2.34. The Hall–Kier alpha value is -1.55. The molecule has 16 heavy (non-hydrogen) atoms. The van der Waals surface area contributed by atoms with Crippen LogP contribution in [0.2, 0.25) is 0 Å². The maximum Gasteiger partial charge on any atom is 0.224 e. The van der Waals surface area contributed by atoms with Crippen molar-refractivity contribution in [3.05, 3.63) is 24.3 Å². The van der Waals surface area contributed by atoms with Crippen LogP contribution in [0.1, 0.15) is 12.8 Å². The van der Waals surface area contributed by atoms with Crippen molar-refractivity contribution >= 4 is 11.6 Å². The molecule has 1 aromatic rings. The first-order valence-corrected chi connectivity index (χ1v) is 5.46. The summed E-state index contributed by atoms with van der Waals surface area (Å²) in [7, 11) is 0. The average Bonchev–Trinajstić information content (AvgIpc) is 2.33. The second-order valence-electron chi connectivity index (χ2n) is 3.61. The fraction of sp³-hybridized carbons (Fsp3) is 0.417. The first-order chi connectivity index (χ1) is 7.86. The Morgan fingerprint density at radius 1 is 1.12 bits per heavy atom. The van der Waals surface area contributed by atoms with Gasteiger partial charge in [0.05, 0.1) is 12.3 Å². The summed E-state index contributed by atoms with van der Waals surface area (Å²) in [5.41, 5.74) is 0.731. The number of hydrogen-bond acceptors (Lipinski definition) is 3.